The molecule has 0 aliphatic heterocycles. The van der Waals surface area contributed by atoms with E-state index < -0.39 is 11.9 Å². The first-order valence-electron chi connectivity index (χ1n) is 6.89. The number of hydrogen-bond acceptors (Lipinski definition) is 2. The average Bonchev–Trinajstić information content (AvgIpc) is 3.07. The maximum Gasteiger partial charge on any atom is 0.307 e. The highest BCUT2D eigenvalue weighted by molar-refractivity contribution is 5.89. The van der Waals surface area contributed by atoms with E-state index in [4.69, 9.17) is 5.11 Å². The van der Waals surface area contributed by atoms with E-state index in [1.165, 1.54) is 25.7 Å². The summed E-state index contributed by atoms with van der Waals surface area (Å²) in [7, 11) is 0. The van der Waals surface area contributed by atoms with Crippen molar-refractivity contribution in [3.05, 3.63) is 0 Å². The number of amides is 1. The lowest BCUT2D eigenvalue weighted by atomic mass is 9.73. The van der Waals surface area contributed by atoms with Gasteiger partial charge in [0.15, 0.2) is 0 Å². The van der Waals surface area contributed by atoms with Crippen molar-refractivity contribution in [3.8, 4) is 0 Å². The van der Waals surface area contributed by atoms with Gasteiger partial charge < -0.3 is 10.4 Å². The molecular formula is C14H23NO3. The molecule has 0 spiro atoms. The fourth-order valence-corrected chi connectivity index (χ4v) is 2.80. The number of carboxylic acids is 1. The second kappa shape index (κ2) is 4.90. The Morgan fingerprint density at radius 1 is 1.22 bits per heavy atom. The van der Waals surface area contributed by atoms with Crippen molar-refractivity contribution in [2.45, 2.75) is 46.0 Å². The summed E-state index contributed by atoms with van der Waals surface area (Å²) in [5, 5.41) is 11.7. The molecule has 2 unspecified atom stereocenters. The number of aliphatic carboxylic acids is 1. The first kappa shape index (κ1) is 13.4. The van der Waals surface area contributed by atoms with E-state index in [-0.39, 0.29) is 11.8 Å². The van der Waals surface area contributed by atoms with Crippen LogP contribution in [0.3, 0.4) is 0 Å². The predicted octanol–water partition coefficient (Wildman–Crippen LogP) is 2.04. The van der Waals surface area contributed by atoms with Crippen molar-refractivity contribution < 1.29 is 14.7 Å². The Morgan fingerprint density at radius 3 is 2.33 bits per heavy atom. The minimum atomic E-state index is -0.838. The quantitative estimate of drug-likeness (QED) is 0.805. The predicted molar refractivity (Wildman–Crippen MR) is 68.0 cm³/mol. The molecule has 0 radical (unpaired) electrons. The Labute approximate surface area is 108 Å². The minimum absolute atomic E-state index is 0.0627. The van der Waals surface area contributed by atoms with Crippen LogP contribution in [-0.4, -0.2) is 23.5 Å². The zero-order valence-corrected chi connectivity index (χ0v) is 11.2. The second-order valence-electron chi connectivity index (χ2n) is 6.64. The number of carboxylic acid groups (broad SMARTS) is 1. The van der Waals surface area contributed by atoms with Crippen molar-refractivity contribution in [2.75, 3.05) is 6.54 Å². The Morgan fingerprint density at radius 2 is 1.83 bits per heavy atom. The topological polar surface area (TPSA) is 66.4 Å². The zero-order chi connectivity index (χ0) is 13.3. The summed E-state index contributed by atoms with van der Waals surface area (Å²) in [6, 6.07) is 0. The van der Waals surface area contributed by atoms with Gasteiger partial charge in [-0.05, 0) is 43.4 Å². The molecule has 2 aliphatic rings. The molecule has 0 aromatic rings. The number of hydrogen-bond donors (Lipinski definition) is 2. The molecule has 0 aromatic carbocycles. The van der Waals surface area contributed by atoms with Crippen molar-refractivity contribution in [2.24, 2.45) is 23.2 Å². The second-order valence-corrected chi connectivity index (χ2v) is 6.64. The number of rotatable bonds is 4. The summed E-state index contributed by atoms with van der Waals surface area (Å²) < 4.78 is 0. The highest BCUT2D eigenvalue weighted by Crippen LogP contribution is 2.39. The Kier molecular flexibility index (Phi) is 3.64. The molecule has 0 heterocycles. The Hall–Kier alpha value is -1.06. The van der Waals surface area contributed by atoms with Gasteiger partial charge in [0, 0.05) is 6.54 Å². The highest BCUT2D eigenvalue weighted by atomic mass is 16.4. The Balaban J connectivity index is 1.67. The lowest BCUT2D eigenvalue weighted by Crippen LogP contribution is -2.34. The highest BCUT2D eigenvalue weighted by Gasteiger charge is 2.48. The van der Waals surface area contributed by atoms with E-state index in [1.807, 2.05) is 0 Å². The molecule has 18 heavy (non-hydrogen) atoms. The van der Waals surface area contributed by atoms with Crippen LogP contribution in [-0.2, 0) is 9.59 Å². The fourth-order valence-electron chi connectivity index (χ4n) is 2.80. The monoisotopic (exact) mass is 253 g/mol. The number of nitrogens with one attached hydrogen (secondary N) is 1. The van der Waals surface area contributed by atoms with Gasteiger partial charge >= 0.3 is 5.97 Å². The van der Waals surface area contributed by atoms with Crippen LogP contribution in [0.4, 0.5) is 0 Å². The van der Waals surface area contributed by atoms with E-state index in [1.54, 1.807) is 0 Å². The zero-order valence-electron chi connectivity index (χ0n) is 11.2. The standard InChI is InChI=1S/C14H23NO3/c1-14(2)5-3-9(4-6-14)8-15-12(16)10-7-11(10)13(17)18/h9-11H,3-8H2,1-2H3,(H,15,16)(H,17,18). The van der Waals surface area contributed by atoms with Crippen LogP contribution in [0.25, 0.3) is 0 Å². The van der Waals surface area contributed by atoms with E-state index >= 15 is 0 Å². The van der Waals surface area contributed by atoms with Crippen molar-refractivity contribution in [1.29, 1.82) is 0 Å². The molecule has 2 saturated carbocycles. The van der Waals surface area contributed by atoms with E-state index in [2.05, 4.69) is 19.2 Å². The maximum absolute atomic E-state index is 11.7. The smallest absolute Gasteiger partial charge is 0.307 e. The van der Waals surface area contributed by atoms with Crippen LogP contribution in [0.1, 0.15) is 46.0 Å². The lowest BCUT2D eigenvalue weighted by molar-refractivity contribution is -0.140. The van der Waals surface area contributed by atoms with Crippen molar-refractivity contribution >= 4 is 11.9 Å². The summed E-state index contributed by atoms with van der Waals surface area (Å²) in [5.41, 5.74) is 0.450. The molecule has 2 atom stereocenters. The van der Waals surface area contributed by atoms with Gasteiger partial charge in [0.1, 0.15) is 0 Å². The van der Waals surface area contributed by atoms with Crippen molar-refractivity contribution in [1.82, 2.24) is 5.32 Å². The van der Waals surface area contributed by atoms with Gasteiger partial charge in [-0.1, -0.05) is 13.8 Å². The molecule has 2 N–H and O–H groups in total. The molecular weight excluding hydrogens is 230 g/mol. The molecule has 102 valence electrons. The maximum atomic E-state index is 11.7. The lowest BCUT2D eigenvalue weighted by Gasteiger charge is -2.34. The van der Waals surface area contributed by atoms with Crippen LogP contribution >= 0.6 is 0 Å². The Bertz CT molecular complexity index is 341. The van der Waals surface area contributed by atoms with Gasteiger partial charge in [0.05, 0.1) is 11.8 Å². The third kappa shape index (κ3) is 3.24. The fraction of sp³-hybridized carbons (Fsp3) is 0.857. The molecule has 0 saturated heterocycles. The van der Waals surface area contributed by atoms with Gasteiger partial charge in [0.25, 0.3) is 0 Å². The molecule has 4 nitrogen and oxygen atoms in total. The summed E-state index contributed by atoms with van der Waals surface area (Å²) >= 11 is 0. The SMILES string of the molecule is CC1(C)CCC(CNC(=O)C2CC2C(=O)O)CC1. The average molecular weight is 253 g/mol. The van der Waals surface area contributed by atoms with E-state index in [9.17, 15) is 9.59 Å². The largest absolute Gasteiger partial charge is 0.481 e. The number of carbonyl (C=O) groups excluding carboxylic acids is 1. The molecule has 2 fully saturated rings. The first-order valence-corrected chi connectivity index (χ1v) is 6.89. The third-order valence-corrected chi connectivity index (χ3v) is 4.47. The molecule has 2 rings (SSSR count). The number of carbonyl (C=O) groups is 2. The van der Waals surface area contributed by atoms with Gasteiger partial charge in [-0.15, -0.1) is 0 Å². The van der Waals surface area contributed by atoms with Crippen LogP contribution in [0.2, 0.25) is 0 Å². The normalized spacial score (nSPS) is 30.8. The van der Waals surface area contributed by atoms with Gasteiger partial charge in [-0.3, -0.25) is 9.59 Å². The van der Waals surface area contributed by atoms with Gasteiger partial charge in [-0.2, -0.15) is 0 Å². The molecule has 0 aromatic heterocycles. The molecule has 2 aliphatic carbocycles. The minimum Gasteiger partial charge on any atom is -0.481 e. The van der Waals surface area contributed by atoms with Crippen molar-refractivity contribution in [3.63, 3.8) is 0 Å². The summed E-state index contributed by atoms with van der Waals surface area (Å²) in [4.78, 5) is 22.4. The molecule has 4 heteroatoms. The third-order valence-electron chi connectivity index (χ3n) is 4.47. The first-order chi connectivity index (χ1) is 8.39. The van der Waals surface area contributed by atoms with Crippen LogP contribution in [0.5, 0.6) is 0 Å². The van der Waals surface area contributed by atoms with Crippen LogP contribution < -0.4 is 5.32 Å². The summed E-state index contributed by atoms with van der Waals surface area (Å²) in [6.45, 7) is 5.31. The van der Waals surface area contributed by atoms with Gasteiger partial charge in [0.2, 0.25) is 5.91 Å². The molecule has 0 bridgehead atoms. The van der Waals surface area contributed by atoms with Crippen LogP contribution in [0.15, 0.2) is 0 Å². The van der Waals surface area contributed by atoms with Crippen LogP contribution in [0, 0.1) is 23.2 Å². The van der Waals surface area contributed by atoms with E-state index in [0.717, 1.165) is 6.54 Å². The molecule has 1 amide bonds. The van der Waals surface area contributed by atoms with E-state index in [0.29, 0.717) is 17.8 Å². The van der Waals surface area contributed by atoms with Gasteiger partial charge in [-0.25, -0.2) is 0 Å². The summed E-state index contributed by atoms with van der Waals surface area (Å²) in [5.74, 6) is -1.04. The summed E-state index contributed by atoms with van der Waals surface area (Å²) in [6.07, 6.45) is 5.28.